The van der Waals surface area contributed by atoms with E-state index in [0.717, 1.165) is 47.5 Å². The molecule has 0 saturated heterocycles. The van der Waals surface area contributed by atoms with Crippen LogP contribution in [0.2, 0.25) is 5.02 Å². The second kappa shape index (κ2) is 8.51. The smallest absolute Gasteiger partial charge is 0.330 e. The number of amides is 1. The standard InChI is InChI=1S/C22H19ClN4O3/c1-2-30-21(29)8-7-20(28)26-16-5-6-18-17(12-16)22(25-13-24-18)27-10-9-14-3-4-15(23)11-19(14)27/h3-8,11-13H,2,9-10H2,1H3,(H,26,28)/b8-7+. The molecule has 1 amide bonds. The highest BCUT2D eigenvalue weighted by atomic mass is 35.5. The zero-order valence-corrected chi connectivity index (χ0v) is 17.0. The Bertz CT molecular complexity index is 1160. The molecule has 30 heavy (non-hydrogen) atoms. The van der Waals surface area contributed by atoms with Crippen LogP contribution in [0.1, 0.15) is 12.5 Å². The molecular weight excluding hydrogens is 404 g/mol. The third-order valence-electron chi connectivity index (χ3n) is 4.74. The summed E-state index contributed by atoms with van der Waals surface area (Å²) in [6.07, 6.45) is 4.66. The van der Waals surface area contributed by atoms with E-state index in [4.69, 9.17) is 16.3 Å². The highest BCUT2D eigenvalue weighted by Crippen LogP contribution is 2.38. The van der Waals surface area contributed by atoms with Crippen molar-refractivity contribution in [3.8, 4) is 0 Å². The normalized spacial score (nSPS) is 12.9. The van der Waals surface area contributed by atoms with Crippen molar-refractivity contribution in [2.75, 3.05) is 23.4 Å². The molecule has 2 heterocycles. The fourth-order valence-electron chi connectivity index (χ4n) is 3.43. The van der Waals surface area contributed by atoms with Crippen molar-refractivity contribution in [2.24, 2.45) is 0 Å². The van der Waals surface area contributed by atoms with Gasteiger partial charge < -0.3 is 15.0 Å². The molecule has 0 atom stereocenters. The van der Waals surface area contributed by atoms with Crippen molar-refractivity contribution >= 4 is 51.6 Å². The summed E-state index contributed by atoms with van der Waals surface area (Å²) in [7, 11) is 0. The average Bonchev–Trinajstić information content (AvgIpc) is 3.15. The van der Waals surface area contributed by atoms with Crippen LogP contribution in [-0.2, 0) is 20.7 Å². The topological polar surface area (TPSA) is 84.4 Å². The second-order valence-corrected chi connectivity index (χ2v) is 7.11. The van der Waals surface area contributed by atoms with Gasteiger partial charge in [0, 0.05) is 40.5 Å². The summed E-state index contributed by atoms with van der Waals surface area (Å²) in [5.41, 5.74) is 3.56. The molecule has 0 bridgehead atoms. The number of esters is 1. The minimum absolute atomic E-state index is 0.253. The number of aromatic nitrogens is 2. The van der Waals surface area contributed by atoms with Crippen LogP contribution in [0.3, 0.4) is 0 Å². The molecule has 1 N–H and O–H groups in total. The summed E-state index contributed by atoms with van der Waals surface area (Å²) in [4.78, 5) is 34.5. The van der Waals surface area contributed by atoms with Crippen LogP contribution in [0.4, 0.5) is 17.2 Å². The van der Waals surface area contributed by atoms with Gasteiger partial charge in [0.25, 0.3) is 0 Å². The lowest BCUT2D eigenvalue weighted by Crippen LogP contribution is -2.15. The molecule has 0 unspecified atom stereocenters. The molecular formula is C22H19ClN4O3. The SMILES string of the molecule is CCOC(=O)/C=C/C(=O)Nc1ccc2ncnc(N3CCc4ccc(Cl)cc43)c2c1. The number of rotatable bonds is 5. The third kappa shape index (κ3) is 4.11. The highest BCUT2D eigenvalue weighted by molar-refractivity contribution is 6.31. The van der Waals surface area contributed by atoms with Gasteiger partial charge in [-0.15, -0.1) is 0 Å². The Labute approximate surface area is 178 Å². The molecule has 8 heteroatoms. The van der Waals surface area contributed by atoms with Crippen molar-refractivity contribution in [3.05, 3.63) is 65.5 Å². The summed E-state index contributed by atoms with van der Waals surface area (Å²) in [6, 6.07) is 11.2. The summed E-state index contributed by atoms with van der Waals surface area (Å²) < 4.78 is 4.77. The Morgan fingerprint density at radius 1 is 1.20 bits per heavy atom. The lowest BCUT2D eigenvalue weighted by atomic mass is 10.1. The van der Waals surface area contributed by atoms with Crippen LogP contribution in [0.5, 0.6) is 0 Å². The number of halogens is 1. The molecule has 0 saturated carbocycles. The van der Waals surface area contributed by atoms with Crippen LogP contribution in [-0.4, -0.2) is 35.0 Å². The number of carbonyl (C=O) groups excluding carboxylic acids is 2. The van der Waals surface area contributed by atoms with E-state index < -0.39 is 11.9 Å². The summed E-state index contributed by atoms with van der Waals surface area (Å²) in [5, 5.41) is 4.22. The van der Waals surface area contributed by atoms with Gasteiger partial charge in [0.05, 0.1) is 12.1 Å². The highest BCUT2D eigenvalue weighted by Gasteiger charge is 2.23. The maximum Gasteiger partial charge on any atom is 0.330 e. The Balaban J connectivity index is 1.63. The first-order valence-corrected chi connectivity index (χ1v) is 9.89. The van der Waals surface area contributed by atoms with E-state index in [1.807, 2.05) is 30.3 Å². The number of benzene rings is 2. The predicted molar refractivity (Wildman–Crippen MR) is 116 cm³/mol. The van der Waals surface area contributed by atoms with Gasteiger partial charge in [-0.2, -0.15) is 0 Å². The number of ether oxygens (including phenoxy) is 1. The molecule has 0 fully saturated rings. The average molecular weight is 423 g/mol. The van der Waals surface area contributed by atoms with Gasteiger partial charge in [-0.1, -0.05) is 17.7 Å². The minimum Gasteiger partial charge on any atom is -0.463 e. The quantitative estimate of drug-likeness (QED) is 0.493. The van der Waals surface area contributed by atoms with Crippen molar-refractivity contribution in [1.82, 2.24) is 9.97 Å². The maximum absolute atomic E-state index is 12.1. The van der Waals surface area contributed by atoms with Gasteiger partial charge in [0.15, 0.2) is 0 Å². The van der Waals surface area contributed by atoms with Crippen LogP contribution in [0.25, 0.3) is 10.9 Å². The van der Waals surface area contributed by atoms with Gasteiger partial charge in [0.2, 0.25) is 5.91 Å². The van der Waals surface area contributed by atoms with Crippen molar-refractivity contribution in [2.45, 2.75) is 13.3 Å². The third-order valence-corrected chi connectivity index (χ3v) is 4.97. The largest absolute Gasteiger partial charge is 0.463 e. The minimum atomic E-state index is -0.562. The van der Waals surface area contributed by atoms with E-state index in [1.165, 1.54) is 11.9 Å². The number of hydrogen-bond acceptors (Lipinski definition) is 6. The fourth-order valence-corrected chi connectivity index (χ4v) is 3.59. The molecule has 152 valence electrons. The van der Waals surface area contributed by atoms with Crippen molar-refractivity contribution in [3.63, 3.8) is 0 Å². The van der Waals surface area contributed by atoms with Gasteiger partial charge >= 0.3 is 5.97 Å². The van der Waals surface area contributed by atoms with E-state index in [-0.39, 0.29) is 6.61 Å². The maximum atomic E-state index is 12.1. The summed E-state index contributed by atoms with van der Waals surface area (Å²) in [5.74, 6) is -0.244. The molecule has 3 aromatic rings. The Hall–Kier alpha value is -3.45. The van der Waals surface area contributed by atoms with E-state index in [0.29, 0.717) is 10.7 Å². The summed E-state index contributed by atoms with van der Waals surface area (Å²) in [6.45, 7) is 2.73. The van der Waals surface area contributed by atoms with Gasteiger partial charge in [-0.25, -0.2) is 14.8 Å². The van der Waals surface area contributed by atoms with E-state index in [9.17, 15) is 9.59 Å². The van der Waals surface area contributed by atoms with Gasteiger partial charge in [-0.3, -0.25) is 4.79 Å². The summed E-state index contributed by atoms with van der Waals surface area (Å²) >= 11 is 6.20. The van der Waals surface area contributed by atoms with Gasteiger partial charge in [-0.05, 0) is 49.2 Å². The molecule has 1 aliphatic heterocycles. The Morgan fingerprint density at radius 2 is 2.07 bits per heavy atom. The van der Waals surface area contributed by atoms with E-state index >= 15 is 0 Å². The molecule has 0 spiro atoms. The molecule has 4 rings (SSSR count). The van der Waals surface area contributed by atoms with E-state index in [2.05, 4.69) is 20.2 Å². The number of fused-ring (bicyclic) bond motifs is 2. The molecule has 7 nitrogen and oxygen atoms in total. The number of anilines is 3. The molecule has 0 radical (unpaired) electrons. The first kappa shape index (κ1) is 19.8. The number of nitrogens with one attached hydrogen (secondary N) is 1. The molecule has 0 aliphatic carbocycles. The lowest BCUT2D eigenvalue weighted by molar-refractivity contribution is -0.137. The second-order valence-electron chi connectivity index (χ2n) is 6.68. The van der Waals surface area contributed by atoms with Crippen LogP contribution >= 0.6 is 11.6 Å². The number of nitrogens with zero attached hydrogens (tertiary/aromatic N) is 3. The predicted octanol–water partition coefficient (Wildman–Crippen LogP) is 4.04. The van der Waals surface area contributed by atoms with Crippen molar-refractivity contribution < 1.29 is 14.3 Å². The first-order valence-electron chi connectivity index (χ1n) is 9.51. The van der Waals surface area contributed by atoms with E-state index in [1.54, 1.807) is 13.0 Å². The Kier molecular flexibility index (Phi) is 5.63. The zero-order chi connectivity index (χ0) is 21.1. The fraction of sp³-hybridized carbons (Fsp3) is 0.182. The lowest BCUT2D eigenvalue weighted by Gasteiger charge is -2.20. The van der Waals surface area contributed by atoms with Crippen LogP contribution < -0.4 is 10.2 Å². The van der Waals surface area contributed by atoms with Crippen LogP contribution in [0.15, 0.2) is 54.9 Å². The monoisotopic (exact) mass is 422 g/mol. The molecule has 1 aromatic heterocycles. The van der Waals surface area contributed by atoms with Gasteiger partial charge in [0.1, 0.15) is 12.1 Å². The molecule has 2 aromatic carbocycles. The Morgan fingerprint density at radius 3 is 2.90 bits per heavy atom. The molecule has 1 aliphatic rings. The first-order chi connectivity index (χ1) is 14.5. The van der Waals surface area contributed by atoms with Crippen LogP contribution in [0, 0.1) is 0 Å². The number of hydrogen-bond donors (Lipinski definition) is 1. The van der Waals surface area contributed by atoms with Crippen molar-refractivity contribution in [1.29, 1.82) is 0 Å². The zero-order valence-electron chi connectivity index (χ0n) is 16.3. The number of carbonyl (C=O) groups is 2.